The van der Waals surface area contributed by atoms with Crippen molar-refractivity contribution in [1.29, 1.82) is 0 Å². The first-order chi connectivity index (χ1) is 7.72. The molecule has 2 bridgehead atoms. The van der Waals surface area contributed by atoms with Crippen molar-refractivity contribution < 1.29 is 5.11 Å². The first kappa shape index (κ1) is 9.95. The van der Waals surface area contributed by atoms with Crippen molar-refractivity contribution in [2.75, 3.05) is 0 Å². The molecule has 1 N–H and O–H groups in total. The van der Waals surface area contributed by atoms with Crippen molar-refractivity contribution in [3.8, 4) is 5.75 Å². The average molecular weight is 214 g/mol. The number of phenols is 1. The lowest BCUT2D eigenvalue weighted by atomic mass is 9.87. The van der Waals surface area contributed by atoms with E-state index in [1.807, 2.05) is 13.0 Å². The molecule has 84 valence electrons. The van der Waals surface area contributed by atoms with Gasteiger partial charge >= 0.3 is 0 Å². The Labute approximate surface area is 96.8 Å². The van der Waals surface area contributed by atoms with Gasteiger partial charge in [-0.1, -0.05) is 24.3 Å². The van der Waals surface area contributed by atoms with Crippen LogP contribution in [0.3, 0.4) is 0 Å². The Kier molecular flexibility index (Phi) is 2.27. The number of hydrogen-bond donors (Lipinski definition) is 1. The zero-order chi connectivity index (χ0) is 11.1. The smallest absolute Gasteiger partial charge is 0.118 e. The molecular weight excluding hydrogens is 196 g/mol. The second-order valence-corrected chi connectivity index (χ2v) is 5.37. The Morgan fingerprint density at radius 2 is 2.12 bits per heavy atom. The van der Waals surface area contributed by atoms with Gasteiger partial charge in [0.25, 0.3) is 0 Å². The lowest BCUT2D eigenvalue weighted by Crippen LogP contribution is -2.10. The Morgan fingerprint density at radius 3 is 2.75 bits per heavy atom. The van der Waals surface area contributed by atoms with Crippen molar-refractivity contribution in [2.45, 2.75) is 26.2 Å². The van der Waals surface area contributed by atoms with Crippen LogP contribution in [0.5, 0.6) is 5.75 Å². The molecule has 1 aromatic carbocycles. The maximum Gasteiger partial charge on any atom is 0.118 e. The van der Waals surface area contributed by atoms with Crippen molar-refractivity contribution in [3.05, 3.63) is 41.5 Å². The summed E-state index contributed by atoms with van der Waals surface area (Å²) in [6, 6.07) is 6.02. The number of benzene rings is 1. The molecule has 2 aliphatic rings. The van der Waals surface area contributed by atoms with Gasteiger partial charge in [-0.2, -0.15) is 0 Å². The second-order valence-electron chi connectivity index (χ2n) is 5.37. The molecule has 0 saturated heterocycles. The van der Waals surface area contributed by atoms with Crippen molar-refractivity contribution in [2.24, 2.45) is 17.8 Å². The quantitative estimate of drug-likeness (QED) is 0.747. The largest absolute Gasteiger partial charge is 0.508 e. The standard InChI is InChI=1S/C15H18O/c1-10-6-11(3-5-15(10)16)8-14-9-12-2-4-13(14)7-12/h2-6,12-14,16H,7-9H2,1H3. The predicted octanol–water partition coefficient (Wildman–Crippen LogP) is 3.46. The molecule has 2 aliphatic carbocycles. The average Bonchev–Trinajstić information content (AvgIpc) is 2.85. The normalized spacial score (nSPS) is 31.2. The number of aryl methyl sites for hydroxylation is 1. The number of hydrogen-bond acceptors (Lipinski definition) is 1. The van der Waals surface area contributed by atoms with E-state index in [1.54, 1.807) is 0 Å². The third kappa shape index (κ3) is 1.64. The summed E-state index contributed by atoms with van der Waals surface area (Å²) in [6.45, 7) is 1.97. The number of fused-ring (bicyclic) bond motifs is 2. The summed E-state index contributed by atoms with van der Waals surface area (Å²) in [7, 11) is 0. The highest BCUT2D eigenvalue weighted by atomic mass is 16.3. The summed E-state index contributed by atoms with van der Waals surface area (Å²) < 4.78 is 0. The van der Waals surface area contributed by atoms with Gasteiger partial charge in [0.05, 0.1) is 0 Å². The SMILES string of the molecule is Cc1cc(CC2CC3C=CC2C3)ccc1O. The summed E-state index contributed by atoms with van der Waals surface area (Å²) in [5, 5.41) is 9.50. The fraction of sp³-hybridized carbons (Fsp3) is 0.467. The maximum atomic E-state index is 9.50. The Hall–Kier alpha value is -1.24. The van der Waals surface area contributed by atoms with Gasteiger partial charge in [-0.15, -0.1) is 0 Å². The first-order valence-corrected chi connectivity index (χ1v) is 6.19. The first-order valence-electron chi connectivity index (χ1n) is 6.19. The van der Waals surface area contributed by atoms with Crippen molar-refractivity contribution >= 4 is 0 Å². The second kappa shape index (κ2) is 3.65. The Bertz CT molecular complexity index is 433. The van der Waals surface area contributed by atoms with E-state index in [4.69, 9.17) is 0 Å². The van der Waals surface area contributed by atoms with Gasteiger partial charge < -0.3 is 5.11 Å². The molecule has 0 heterocycles. The van der Waals surface area contributed by atoms with Crippen molar-refractivity contribution in [3.63, 3.8) is 0 Å². The van der Waals surface area contributed by atoms with E-state index in [0.717, 1.165) is 23.3 Å². The zero-order valence-corrected chi connectivity index (χ0v) is 9.69. The lowest BCUT2D eigenvalue weighted by molar-refractivity contribution is 0.444. The lowest BCUT2D eigenvalue weighted by Gasteiger charge is -2.18. The molecule has 1 heteroatoms. The van der Waals surface area contributed by atoms with Crippen LogP contribution in [0, 0.1) is 24.7 Å². The molecule has 0 spiro atoms. The fourth-order valence-electron chi connectivity index (χ4n) is 3.28. The van der Waals surface area contributed by atoms with Crippen LogP contribution in [0.4, 0.5) is 0 Å². The van der Waals surface area contributed by atoms with Crippen LogP contribution in [0.1, 0.15) is 24.0 Å². The molecule has 3 atom stereocenters. The molecule has 1 nitrogen and oxygen atoms in total. The molecule has 1 saturated carbocycles. The minimum Gasteiger partial charge on any atom is -0.508 e. The van der Waals surface area contributed by atoms with E-state index < -0.39 is 0 Å². The summed E-state index contributed by atoms with van der Waals surface area (Å²) >= 11 is 0. The summed E-state index contributed by atoms with van der Waals surface area (Å²) in [6.07, 6.45) is 8.71. The molecule has 1 aromatic rings. The van der Waals surface area contributed by atoms with Gasteiger partial charge in [-0.05, 0) is 61.1 Å². The van der Waals surface area contributed by atoms with Gasteiger partial charge in [-0.3, -0.25) is 0 Å². The van der Waals surface area contributed by atoms with Crippen LogP contribution in [-0.2, 0) is 6.42 Å². The van der Waals surface area contributed by atoms with Crippen LogP contribution in [0.2, 0.25) is 0 Å². The van der Waals surface area contributed by atoms with E-state index in [-0.39, 0.29) is 0 Å². The predicted molar refractivity (Wildman–Crippen MR) is 65.4 cm³/mol. The molecule has 1 fully saturated rings. The van der Waals surface area contributed by atoms with Crippen LogP contribution in [0.25, 0.3) is 0 Å². The maximum absolute atomic E-state index is 9.50. The van der Waals surface area contributed by atoms with E-state index in [1.165, 1.54) is 24.8 Å². The van der Waals surface area contributed by atoms with Gasteiger partial charge in [0.2, 0.25) is 0 Å². The van der Waals surface area contributed by atoms with Crippen LogP contribution in [0.15, 0.2) is 30.4 Å². The Balaban J connectivity index is 1.75. The van der Waals surface area contributed by atoms with E-state index in [0.29, 0.717) is 5.75 Å². The molecule has 0 radical (unpaired) electrons. The van der Waals surface area contributed by atoms with E-state index in [9.17, 15) is 5.11 Å². The van der Waals surface area contributed by atoms with Crippen LogP contribution in [-0.4, -0.2) is 5.11 Å². The third-order valence-electron chi connectivity index (χ3n) is 4.18. The molecule has 16 heavy (non-hydrogen) atoms. The highest BCUT2D eigenvalue weighted by molar-refractivity contribution is 5.35. The molecule has 0 amide bonds. The van der Waals surface area contributed by atoms with Gasteiger partial charge in [0.1, 0.15) is 5.75 Å². The van der Waals surface area contributed by atoms with Crippen molar-refractivity contribution in [1.82, 2.24) is 0 Å². The summed E-state index contributed by atoms with van der Waals surface area (Å²) in [5.41, 5.74) is 2.37. The number of aromatic hydroxyl groups is 1. The highest BCUT2D eigenvalue weighted by Gasteiger charge is 2.35. The summed E-state index contributed by atoms with van der Waals surface area (Å²) in [4.78, 5) is 0. The number of phenolic OH excluding ortho intramolecular Hbond substituents is 1. The molecule has 3 rings (SSSR count). The highest BCUT2D eigenvalue weighted by Crippen LogP contribution is 2.44. The van der Waals surface area contributed by atoms with Gasteiger partial charge in [-0.25, -0.2) is 0 Å². The number of rotatable bonds is 2. The topological polar surface area (TPSA) is 20.2 Å². The minimum absolute atomic E-state index is 0.414. The molecule has 0 aliphatic heterocycles. The minimum atomic E-state index is 0.414. The molecule has 3 unspecified atom stereocenters. The number of allylic oxidation sites excluding steroid dienone is 2. The van der Waals surface area contributed by atoms with Gasteiger partial charge in [0.15, 0.2) is 0 Å². The molecule has 0 aromatic heterocycles. The summed E-state index contributed by atoms with van der Waals surface area (Å²) in [5.74, 6) is 2.92. The van der Waals surface area contributed by atoms with E-state index in [2.05, 4.69) is 24.3 Å². The van der Waals surface area contributed by atoms with Gasteiger partial charge in [0, 0.05) is 0 Å². The zero-order valence-electron chi connectivity index (χ0n) is 9.69. The van der Waals surface area contributed by atoms with E-state index >= 15 is 0 Å². The third-order valence-corrected chi connectivity index (χ3v) is 4.18. The molecular formula is C15H18O. The van der Waals surface area contributed by atoms with Crippen LogP contribution < -0.4 is 0 Å². The van der Waals surface area contributed by atoms with Crippen LogP contribution >= 0.6 is 0 Å². The Morgan fingerprint density at radius 1 is 1.25 bits per heavy atom. The fourth-order valence-corrected chi connectivity index (χ4v) is 3.28. The monoisotopic (exact) mass is 214 g/mol.